The molecule has 1 saturated heterocycles. The maximum atomic E-state index is 5.29. The van der Waals surface area contributed by atoms with Crippen LogP contribution in [-0.4, -0.2) is 49.7 Å². The van der Waals surface area contributed by atoms with E-state index in [0.717, 1.165) is 45.1 Å². The van der Waals surface area contributed by atoms with Gasteiger partial charge in [0.1, 0.15) is 6.17 Å². The molecule has 2 aliphatic heterocycles. The molecule has 1 radical (unpaired) electrons. The third kappa shape index (κ3) is 2.68. The van der Waals surface area contributed by atoms with Crippen molar-refractivity contribution in [2.24, 2.45) is 9.98 Å². The Bertz CT molecular complexity index is 258. The van der Waals surface area contributed by atoms with Crippen LogP contribution in [0.5, 0.6) is 0 Å². The van der Waals surface area contributed by atoms with Gasteiger partial charge in [0.05, 0.1) is 13.2 Å². The average Bonchev–Trinajstić information content (AvgIpc) is 2.31. The van der Waals surface area contributed by atoms with E-state index in [1.807, 2.05) is 0 Å². The lowest BCUT2D eigenvalue weighted by molar-refractivity contribution is 0.0672. The molecule has 1 unspecified atom stereocenters. The van der Waals surface area contributed by atoms with Gasteiger partial charge >= 0.3 is 0 Å². The lowest BCUT2D eigenvalue weighted by Crippen LogP contribution is -2.43. The van der Waals surface area contributed by atoms with Gasteiger partial charge in [0.2, 0.25) is 5.96 Å². The number of nitrogens with one attached hydrogen (secondary N) is 1. The van der Waals surface area contributed by atoms with Crippen LogP contribution in [0.2, 0.25) is 0 Å². The molecule has 1 N–H and O–H groups in total. The smallest absolute Gasteiger partial charge is 0.225 e. The first-order valence-electron chi connectivity index (χ1n) is 5.52. The Morgan fingerprint density at radius 3 is 3.07 bits per heavy atom. The van der Waals surface area contributed by atoms with E-state index in [4.69, 9.17) is 4.74 Å². The summed E-state index contributed by atoms with van der Waals surface area (Å²) in [4.78, 5) is 10.8. The van der Waals surface area contributed by atoms with Gasteiger partial charge in [-0.25, -0.2) is 4.99 Å². The summed E-state index contributed by atoms with van der Waals surface area (Å²) in [6.07, 6.45) is 5.11. The highest BCUT2D eigenvalue weighted by Crippen LogP contribution is 2.06. The minimum atomic E-state index is 0.144. The Morgan fingerprint density at radius 2 is 2.33 bits per heavy atom. The van der Waals surface area contributed by atoms with E-state index in [9.17, 15) is 0 Å². The summed E-state index contributed by atoms with van der Waals surface area (Å²) in [6.45, 7) is 5.43. The zero-order valence-corrected chi connectivity index (χ0v) is 9.07. The molecule has 0 bridgehead atoms. The van der Waals surface area contributed by atoms with Gasteiger partial charge in [-0.2, -0.15) is 4.99 Å². The summed E-state index contributed by atoms with van der Waals surface area (Å²) in [5, 5.41) is 3.03. The van der Waals surface area contributed by atoms with E-state index in [2.05, 4.69) is 33.5 Å². The van der Waals surface area contributed by atoms with Gasteiger partial charge in [-0.05, 0) is 6.42 Å². The summed E-state index contributed by atoms with van der Waals surface area (Å²) < 4.78 is 5.29. The number of nitrogens with zero attached hydrogens (tertiary/aromatic N) is 3. The summed E-state index contributed by atoms with van der Waals surface area (Å²) in [5.41, 5.74) is 0. The van der Waals surface area contributed by atoms with E-state index in [-0.39, 0.29) is 6.17 Å². The quantitative estimate of drug-likeness (QED) is 0.712. The van der Waals surface area contributed by atoms with E-state index in [1.165, 1.54) is 0 Å². The fraction of sp³-hybridized carbons (Fsp3) is 0.800. The predicted octanol–water partition coefficient (Wildman–Crippen LogP) is 0.309. The summed E-state index contributed by atoms with van der Waals surface area (Å²) in [6, 6.07) is 0. The molecule has 5 heteroatoms. The molecule has 0 amide bonds. The molecule has 15 heavy (non-hydrogen) atoms. The predicted molar refractivity (Wildman–Crippen MR) is 59.1 cm³/mol. The van der Waals surface area contributed by atoms with Crippen molar-refractivity contribution in [1.29, 1.82) is 0 Å². The van der Waals surface area contributed by atoms with Crippen LogP contribution in [0.15, 0.2) is 9.98 Å². The molecule has 2 aliphatic rings. The van der Waals surface area contributed by atoms with Crippen molar-refractivity contribution in [2.75, 3.05) is 26.3 Å². The summed E-state index contributed by atoms with van der Waals surface area (Å²) in [7, 11) is 0. The molecule has 1 fully saturated rings. The molecule has 0 aromatic heterocycles. The van der Waals surface area contributed by atoms with Crippen LogP contribution in [0.1, 0.15) is 19.8 Å². The third-order valence-electron chi connectivity index (χ3n) is 2.51. The maximum Gasteiger partial charge on any atom is 0.225 e. The third-order valence-corrected chi connectivity index (χ3v) is 2.51. The van der Waals surface area contributed by atoms with Crippen LogP contribution in [0.3, 0.4) is 0 Å². The molecular weight excluding hydrogens is 192 g/mol. The normalized spacial score (nSPS) is 26.1. The zero-order valence-electron chi connectivity index (χ0n) is 9.07. The van der Waals surface area contributed by atoms with Crippen molar-refractivity contribution in [1.82, 2.24) is 10.2 Å². The van der Waals surface area contributed by atoms with E-state index in [0.29, 0.717) is 0 Å². The first-order chi connectivity index (χ1) is 7.40. The summed E-state index contributed by atoms with van der Waals surface area (Å²) in [5.74, 6) is 0.801. The number of ether oxygens (including phenoxy) is 1. The van der Waals surface area contributed by atoms with Gasteiger partial charge in [-0.1, -0.05) is 13.3 Å². The van der Waals surface area contributed by atoms with Crippen molar-refractivity contribution in [3.8, 4) is 0 Å². The average molecular weight is 209 g/mol. The second-order valence-electron chi connectivity index (χ2n) is 3.70. The van der Waals surface area contributed by atoms with Crippen molar-refractivity contribution >= 4 is 12.3 Å². The van der Waals surface area contributed by atoms with Crippen LogP contribution < -0.4 is 5.32 Å². The number of hydrogen-bond acceptors (Lipinski definition) is 5. The second-order valence-corrected chi connectivity index (χ2v) is 3.70. The molecule has 1 atom stereocenters. The Hall–Kier alpha value is -1.10. The minimum Gasteiger partial charge on any atom is -0.378 e. The molecule has 5 nitrogen and oxygen atoms in total. The van der Waals surface area contributed by atoms with Gasteiger partial charge in [0.15, 0.2) is 6.34 Å². The Morgan fingerprint density at radius 1 is 1.53 bits per heavy atom. The molecule has 83 valence electrons. The van der Waals surface area contributed by atoms with Crippen molar-refractivity contribution in [2.45, 2.75) is 25.9 Å². The molecule has 0 saturated carbocycles. The molecule has 0 spiro atoms. The topological polar surface area (TPSA) is 49.2 Å². The molecule has 0 aromatic rings. The van der Waals surface area contributed by atoms with Crippen molar-refractivity contribution < 1.29 is 4.74 Å². The highest BCUT2D eigenvalue weighted by molar-refractivity contribution is 5.89. The highest BCUT2D eigenvalue weighted by Gasteiger charge is 2.18. The number of hydrogen-bond donors (Lipinski definition) is 1. The largest absolute Gasteiger partial charge is 0.378 e. The summed E-state index contributed by atoms with van der Waals surface area (Å²) >= 11 is 0. The van der Waals surface area contributed by atoms with Crippen LogP contribution in [0.4, 0.5) is 0 Å². The SMILES string of the molecule is CCCC1N=C(N2CCOCC2)N=[C]N1. The van der Waals surface area contributed by atoms with E-state index in [1.54, 1.807) is 0 Å². The van der Waals surface area contributed by atoms with Crippen molar-refractivity contribution in [3.63, 3.8) is 0 Å². The Kier molecular flexibility index (Phi) is 3.55. The lowest BCUT2D eigenvalue weighted by atomic mass is 10.3. The zero-order chi connectivity index (χ0) is 10.5. The Balaban J connectivity index is 1.97. The highest BCUT2D eigenvalue weighted by atomic mass is 16.5. The van der Waals surface area contributed by atoms with Gasteiger partial charge in [0, 0.05) is 13.1 Å². The van der Waals surface area contributed by atoms with Crippen LogP contribution in [0.25, 0.3) is 0 Å². The fourth-order valence-corrected chi connectivity index (χ4v) is 1.68. The molecule has 2 rings (SSSR count). The maximum absolute atomic E-state index is 5.29. The Labute approximate surface area is 90.2 Å². The van der Waals surface area contributed by atoms with Crippen LogP contribution >= 0.6 is 0 Å². The first-order valence-corrected chi connectivity index (χ1v) is 5.52. The molecule has 2 heterocycles. The molecule has 0 aromatic carbocycles. The van der Waals surface area contributed by atoms with Gasteiger partial charge < -0.3 is 15.0 Å². The van der Waals surface area contributed by atoms with Gasteiger partial charge in [-0.15, -0.1) is 0 Å². The lowest BCUT2D eigenvalue weighted by Gasteiger charge is -2.29. The van der Waals surface area contributed by atoms with E-state index < -0.39 is 0 Å². The van der Waals surface area contributed by atoms with Crippen LogP contribution in [-0.2, 0) is 4.74 Å². The van der Waals surface area contributed by atoms with Gasteiger partial charge in [0.25, 0.3) is 0 Å². The number of aliphatic imine (C=N–C) groups is 2. The fourth-order valence-electron chi connectivity index (χ4n) is 1.68. The van der Waals surface area contributed by atoms with Gasteiger partial charge in [-0.3, -0.25) is 0 Å². The first kappa shape index (κ1) is 10.4. The van der Waals surface area contributed by atoms with Crippen LogP contribution in [0, 0.1) is 0 Å². The standard InChI is InChI=1S/C10H17N4O/c1-2-3-9-11-8-12-10(13-9)14-4-6-15-7-5-14/h9H,2-7H2,1H3,(H,11,12,13). The number of morpholine rings is 1. The molecule has 0 aliphatic carbocycles. The van der Waals surface area contributed by atoms with E-state index >= 15 is 0 Å². The minimum absolute atomic E-state index is 0.144. The number of guanidine groups is 1. The number of rotatable bonds is 2. The second kappa shape index (κ2) is 5.11. The van der Waals surface area contributed by atoms with Crippen molar-refractivity contribution in [3.05, 3.63) is 0 Å². The monoisotopic (exact) mass is 209 g/mol. The molecular formula is C10H17N4O.